The van der Waals surface area contributed by atoms with Crippen LogP contribution >= 0.6 is 0 Å². The quantitative estimate of drug-likeness (QED) is 0.569. The molecular formula is C8H10NO4S. The number of benzene rings is 1. The molecule has 0 amide bonds. The van der Waals surface area contributed by atoms with Gasteiger partial charge in [-0.3, -0.25) is 4.55 Å². The Morgan fingerprint density at radius 3 is 2.57 bits per heavy atom. The standard InChI is InChI=1S/C8H10NO4S/c10-14(11,12)13-7-6-9-8-4-2-1-3-5-8/h1-6,9H,7H2,(H,10,11,12). The molecule has 2 N–H and O–H groups in total. The van der Waals surface area contributed by atoms with Crippen LogP contribution in [0.2, 0.25) is 0 Å². The second kappa shape index (κ2) is 4.94. The summed E-state index contributed by atoms with van der Waals surface area (Å²) in [5.41, 5.74) is 0.812. The molecule has 0 saturated heterocycles. The van der Waals surface area contributed by atoms with E-state index in [2.05, 4.69) is 9.50 Å². The zero-order chi connectivity index (χ0) is 10.4. The molecule has 0 saturated carbocycles. The van der Waals surface area contributed by atoms with Gasteiger partial charge in [0, 0.05) is 5.69 Å². The van der Waals surface area contributed by atoms with E-state index in [1.54, 1.807) is 0 Å². The van der Waals surface area contributed by atoms with E-state index in [4.69, 9.17) is 4.55 Å². The van der Waals surface area contributed by atoms with Crippen LogP contribution in [-0.4, -0.2) is 19.6 Å². The fourth-order valence-corrected chi connectivity index (χ4v) is 1.05. The van der Waals surface area contributed by atoms with Crippen molar-refractivity contribution in [3.63, 3.8) is 0 Å². The second-order valence-corrected chi connectivity index (χ2v) is 3.52. The highest BCUT2D eigenvalue weighted by atomic mass is 32.3. The van der Waals surface area contributed by atoms with E-state index in [9.17, 15) is 8.42 Å². The molecule has 5 nitrogen and oxygen atoms in total. The Morgan fingerprint density at radius 1 is 1.36 bits per heavy atom. The van der Waals surface area contributed by atoms with Crippen LogP contribution in [0.4, 0.5) is 5.69 Å². The van der Waals surface area contributed by atoms with Crippen molar-refractivity contribution in [1.29, 1.82) is 0 Å². The van der Waals surface area contributed by atoms with Crippen molar-refractivity contribution in [2.75, 3.05) is 11.9 Å². The van der Waals surface area contributed by atoms with Crippen LogP contribution in [0.5, 0.6) is 0 Å². The van der Waals surface area contributed by atoms with Crippen molar-refractivity contribution in [1.82, 2.24) is 0 Å². The number of hydrogen-bond acceptors (Lipinski definition) is 4. The van der Waals surface area contributed by atoms with Crippen molar-refractivity contribution >= 4 is 16.1 Å². The van der Waals surface area contributed by atoms with Crippen molar-refractivity contribution in [2.24, 2.45) is 0 Å². The van der Waals surface area contributed by atoms with Crippen LogP contribution in [0, 0.1) is 6.54 Å². The van der Waals surface area contributed by atoms with Gasteiger partial charge in [-0.05, 0) is 12.1 Å². The Kier molecular flexibility index (Phi) is 3.87. The first kappa shape index (κ1) is 11.0. The zero-order valence-electron chi connectivity index (χ0n) is 7.25. The monoisotopic (exact) mass is 216 g/mol. The summed E-state index contributed by atoms with van der Waals surface area (Å²) in [4.78, 5) is 0. The maximum atomic E-state index is 10.1. The summed E-state index contributed by atoms with van der Waals surface area (Å²) in [6, 6.07) is 9.15. The Morgan fingerprint density at radius 2 is 2.00 bits per heavy atom. The minimum Gasteiger partial charge on any atom is -0.378 e. The molecule has 0 aliphatic heterocycles. The van der Waals surface area contributed by atoms with Gasteiger partial charge in [0.1, 0.15) is 0 Å². The lowest BCUT2D eigenvalue weighted by Crippen LogP contribution is -2.08. The molecule has 1 radical (unpaired) electrons. The van der Waals surface area contributed by atoms with Crippen molar-refractivity contribution in [2.45, 2.75) is 0 Å². The lowest BCUT2D eigenvalue weighted by molar-refractivity contribution is 0.289. The van der Waals surface area contributed by atoms with Crippen molar-refractivity contribution < 1.29 is 17.2 Å². The average molecular weight is 216 g/mol. The van der Waals surface area contributed by atoms with Crippen LogP contribution in [-0.2, 0) is 14.6 Å². The Hall–Kier alpha value is -1.11. The molecule has 0 aliphatic rings. The van der Waals surface area contributed by atoms with Gasteiger partial charge >= 0.3 is 10.4 Å². The minimum atomic E-state index is -4.35. The van der Waals surface area contributed by atoms with Gasteiger partial charge in [-0.25, -0.2) is 4.18 Å². The molecule has 0 unspecified atom stereocenters. The summed E-state index contributed by atoms with van der Waals surface area (Å²) in [5.74, 6) is 0. The highest BCUT2D eigenvalue weighted by molar-refractivity contribution is 7.80. The maximum Gasteiger partial charge on any atom is 0.397 e. The van der Waals surface area contributed by atoms with Gasteiger partial charge < -0.3 is 5.32 Å². The average Bonchev–Trinajstić information content (AvgIpc) is 2.13. The molecule has 1 aromatic rings. The van der Waals surface area contributed by atoms with Crippen molar-refractivity contribution in [3.8, 4) is 0 Å². The summed E-state index contributed by atoms with van der Waals surface area (Å²) >= 11 is 0. The van der Waals surface area contributed by atoms with E-state index in [-0.39, 0.29) is 6.61 Å². The van der Waals surface area contributed by atoms with Crippen LogP contribution < -0.4 is 5.32 Å². The van der Waals surface area contributed by atoms with Crippen LogP contribution in [0.15, 0.2) is 30.3 Å². The summed E-state index contributed by atoms with van der Waals surface area (Å²) in [6.45, 7) is 1.15. The third-order valence-electron chi connectivity index (χ3n) is 1.34. The van der Waals surface area contributed by atoms with Gasteiger partial charge in [0.15, 0.2) is 0 Å². The van der Waals surface area contributed by atoms with Crippen molar-refractivity contribution in [3.05, 3.63) is 36.9 Å². The molecule has 6 heteroatoms. The molecule has 0 bridgehead atoms. The highest BCUT2D eigenvalue weighted by Crippen LogP contribution is 2.05. The third kappa shape index (κ3) is 4.80. The second-order valence-electron chi connectivity index (χ2n) is 2.43. The fourth-order valence-electron chi connectivity index (χ4n) is 0.814. The van der Waals surface area contributed by atoms with Gasteiger partial charge in [0.05, 0.1) is 13.2 Å². The number of rotatable bonds is 5. The van der Waals surface area contributed by atoms with Gasteiger partial charge in [-0.15, -0.1) is 0 Å². The molecule has 0 spiro atoms. The molecule has 14 heavy (non-hydrogen) atoms. The Labute approximate surface area is 82.7 Å². The zero-order valence-corrected chi connectivity index (χ0v) is 8.07. The maximum absolute atomic E-state index is 10.1. The highest BCUT2D eigenvalue weighted by Gasteiger charge is 2.02. The molecule has 0 aromatic heterocycles. The van der Waals surface area contributed by atoms with E-state index < -0.39 is 10.4 Å². The lowest BCUT2D eigenvalue weighted by Gasteiger charge is -2.03. The fraction of sp³-hybridized carbons (Fsp3) is 0.125. The van der Waals surface area contributed by atoms with E-state index in [0.717, 1.165) is 5.69 Å². The van der Waals surface area contributed by atoms with Gasteiger partial charge in [-0.2, -0.15) is 8.42 Å². The number of para-hydroxylation sites is 1. The van der Waals surface area contributed by atoms with E-state index in [1.165, 1.54) is 6.54 Å². The molecule has 0 aliphatic carbocycles. The first-order chi connectivity index (χ1) is 6.58. The summed E-state index contributed by atoms with van der Waals surface area (Å²) in [5, 5.41) is 2.79. The first-order valence-corrected chi connectivity index (χ1v) is 5.19. The molecule has 0 fully saturated rings. The molecule has 0 atom stereocenters. The topological polar surface area (TPSA) is 75.6 Å². The molecule has 0 heterocycles. The van der Waals surface area contributed by atoms with Gasteiger partial charge in [0.2, 0.25) is 0 Å². The number of hydrogen-bond donors (Lipinski definition) is 2. The van der Waals surface area contributed by atoms with E-state index >= 15 is 0 Å². The van der Waals surface area contributed by atoms with E-state index in [1.807, 2.05) is 30.3 Å². The number of nitrogens with one attached hydrogen (secondary N) is 1. The Balaban J connectivity index is 2.23. The molecule has 77 valence electrons. The smallest absolute Gasteiger partial charge is 0.378 e. The normalized spacial score (nSPS) is 11.2. The predicted molar refractivity (Wildman–Crippen MR) is 51.9 cm³/mol. The van der Waals surface area contributed by atoms with E-state index in [0.29, 0.717) is 0 Å². The largest absolute Gasteiger partial charge is 0.397 e. The van der Waals surface area contributed by atoms with Gasteiger partial charge in [0.25, 0.3) is 0 Å². The molecule has 1 rings (SSSR count). The lowest BCUT2D eigenvalue weighted by atomic mass is 10.3. The summed E-state index contributed by atoms with van der Waals surface area (Å²) in [6.07, 6.45) is 0. The molecule has 1 aromatic carbocycles. The first-order valence-electron chi connectivity index (χ1n) is 3.83. The SMILES string of the molecule is O=S(=O)(O)OC[CH]Nc1ccccc1. The third-order valence-corrected chi connectivity index (χ3v) is 1.78. The Bertz CT molecular complexity index is 362. The van der Waals surface area contributed by atoms with Crippen LogP contribution in [0.1, 0.15) is 0 Å². The predicted octanol–water partition coefficient (Wildman–Crippen LogP) is 1.08. The molecular weight excluding hydrogens is 206 g/mol. The van der Waals surface area contributed by atoms with Gasteiger partial charge in [-0.1, -0.05) is 18.2 Å². The van der Waals surface area contributed by atoms with Crippen LogP contribution in [0.25, 0.3) is 0 Å². The minimum absolute atomic E-state index is 0.228. The summed E-state index contributed by atoms with van der Waals surface area (Å²) in [7, 11) is -4.35. The summed E-state index contributed by atoms with van der Waals surface area (Å²) < 4.78 is 32.5. The number of anilines is 1. The van der Waals surface area contributed by atoms with Crippen LogP contribution in [0.3, 0.4) is 0 Å².